The Morgan fingerprint density at radius 1 is 1.50 bits per heavy atom. The second-order valence-electron chi connectivity index (χ2n) is 5.99. The summed E-state index contributed by atoms with van der Waals surface area (Å²) in [5.41, 5.74) is 1.07. The summed E-state index contributed by atoms with van der Waals surface area (Å²) in [4.78, 5) is 16.7. The minimum Gasteiger partial charge on any atom is -0.324 e. The molecule has 2 rings (SSSR count). The van der Waals surface area contributed by atoms with E-state index in [0.717, 1.165) is 37.3 Å². The van der Waals surface area contributed by atoms with Crippen molar-refractivity contribution in [1.82, 2.24) is 10.3 Å². The average molecular weight is 296 g/mol. The standard InChI is InChI=1S/C15H22ClN3O/c1-10-12(6-7-13(16)18-10)19-14(20)15(2,3)11-5-4-8-17-9-11/h6-7,11,17H,4-5,8-9H2,1-3H3,(H,19,20). The maximum atomic E-state index is 12.6. The Morgan fingerprint density at radius 2 is 2.25 bits per heavy atom. The maximum Gasteiger partial charge on any atom is 0.230 e. The molecule has 1 atom stereocenters. The van der Waals surface area contributed by atoms with Gasteiger partial charge >= 0.3 is 0 Å². The van der Waals surface area contributed by atoms with E-state index in [-0.39, 0.29) is 5.91 Å². The highest BCUT2D eigenvalue weighted by molar-refractivity contribution is 6.29. The van der Waals surface area contributed by atoms with Crippen LogP contribution in [0.4, 0.5) is 5.69 Å². The summed E-state index contributed by atoms with van der Waals surface area (Å²) in [7, 11) is 0. The third kappa shape index (κ3) is 3.30. The number of anilines is 1. The average Bonchev–Trinajstić information content (AvgIpc) is 2.42. The van der Waals surface area contributed by atoms with Gasteiger partial charge in [-0.15, -0.1) is 0 Å². The molecule has 1 unspecified atom stereocenters. The highest BCUT2D eigenvalue weighted by Crippen LogP contribution is 2.33. The van der Waals surface area contributed by atoms with Gasteiger partial charge in [0.15, 0.2) is 0 Å². The second-order valence-corrected chi connectivity index (χ2v) is 6.37. The van der Waals surface area contributed by atoms with Crippen molar-refractivity contribution in [3.8, 4) is 0 Å². The number of aryl methyl sites for hydroxylation is 1. The van der Waals surface area contributed by atoms with Gasteiger partial charge in [0.2, 0.25) is 5.91 Å². The molecule has 0 spiro atoms. The number of hydrogen-bond acceptors (Lipinski definition) is 3. The van der Waals surface area contributed by atoms with Gasteiger partial charge < -0.3 is 10.6 Å². The van der Waals surface area contributed by atoms with Gasteiger partial charge in [-0.3, -0.25) is 4.79 Å². The summed E-state index contributed by atoms with van der Waals surface area (Å²) in [6.45, 7) is 7.82. The van der Waals surface area contributed by atoms with Crippen LogP contribution in [0.25, 0.3) is 0 Å². The van der Waals surface area contributed by atoms with Gasteiger partial charge in [-0.25, -0.2) is 4.98 Å². The summed E-state index contributed by atoms with van der Waals surface area (Å²) in [6, 6.07) is 3.50. The molecule has 0 radical (unpaired) electrons. The van der Waals surface area contributed by atoms with Crippen LogP contribution in [-0.4, -0.2) is 24.0 Å². The van der Waals surface area contributed by atoms with Gasteiger partial charge in [0.25, 0.3) is 0 Å². The van der Waals surface area contributed by atoms with Gasteiger partial charge in [0.1, 0.15) is 5.15 Å². The number of amides is 1. The van der Waals surface area contributed by atoms with Crippen LogP contribution in [0.2, 0.25) is 5.15 Å². The van der Waals surface area contributed by atoms with Crippen LogP contribution in [0.3, 0.4) is 0 Å². The van der Waals surface area contributed by atoms with Crippen LogP contribution >= 0.6 is 11.6 Å². The lowest BCUT2D eigenvalue weighted by Crippen LogP contribution is -2.44. The fourth-order valence-corrected chi connectivity index (χ4v) is 2.79. The highest BCUT2D eigenvalue weighted by atomic mass is 35.5. The van der Waals surface area contributed by atoms with Crippen LogP contribution in [0.1, 0.15) is 32.4 Å². The molecule has 1 aliphatic heterocycles. The van der Waals surface area contributed by atoms with Crippen LogP contribution in [0.15, 0.2) is 12.1 Å². The number of nitrogens with zero attached hydrogens (tertiary/aromatic N) is 1. The van der Waals surface area contributed by atoms with Crippen molar-refractivity contribution in [2.45, 2.75) is 33.6 Å². The van der Waals surface area contributed by atoms with Crippen LogP contribution in [-0.2, 0) is 4.79 Å². The number of nitrogens with one attached hydrogen (secondary N) is 2. The van der Waals surface area contributed by atoms with Crippen molar-refractivity contribution >= 4 is 23.2 Å². The lowest BCUT2D eigenvalue weighted by atomic mass is 9.74. The number of carbonyl (C=O) groups excluding carboxylic acids is 1. The van der Waals surface area contributed by atoms with E-state index >= 15 is 0 Å². The Labute approximate surface area is 125 Å². The summed E-state index contributed by atoms with van der Waals surface area (Å²) >= 11 is 5.83. The molecule has 1 amide bonds. The lowest BCUT2D eigenvalue weighted by molar-refractivity contribution is -0.127. The third-order valence-corrected chi connectivity index (χ3v) is 4.41. The van der Waals surface area contributed by atoms with Crippen LogP contribution in [0.5, 0.6) is 0 Å². The molecule has 1 fully saturated rings. The molecule has 2 heterocycles. The van der Waals surface area contributed by atoms with E-state index in [1.54, 1.807) is 12.1 Å². The minimum atomic E-state index is -0.403. The van der Waals surface area contributed by atoms with Crippen LogP contribution < -0.4 is 10.6 Å². The number of piperidine rings is 1. The van der Waals surface area contributed by atoms with Crippen molar-refractivity contribution in [3.05, 3.63) is 23.0 Å². The molecule has 1 aromatic heterocycles. The van der Waals surface area contributed by atoms with Crippen molar-refractivity contribution in [2.24, 2.45) is 11.3 Å². The van der Waals surface area contributed by atoms with E-state index in [1.165, 1.54) is 0 Å². The molecule has 2 N–H and O–H groups in total. The zero-order chi connectivity index (χ0) is 14.8. The molecule has 1 aromatic rings. The highest BCUT2D eigenvalue weighted by Gasteiger charge is 2.37. The van der Waals surface area contributed by atoms with Gasteiger partial charge in [0.05, 0.1) is 11.4 Å². The predicted molar refractivity (Wildman–Crippen MR) is 82.0 cm³/mol. The molecule has 5 heteroatoms. The van der Waals surface area contributed by atoms with Gasteiger partial charge in [-0.2, -0.15) is 0 Å². The van der Waals surface area contributed by atoms with E-state index in [2.05, 4.69) is 15.6 Å². The Hall–Kier alpha value is -1.13. The normalized spacial score (nSPS) is 19.7. The molecule has 0 bridgehead atoms. The number of rotatable bonds is 3. The Morgan fingerprint density at radius 3 is 2.85 bits per heavy atom. The van der Waals surface area contributed by atoms with E-state index < -0.39 is 5.41 Å². The first-order chi connectivity index (χ1) is 9.41. The number of carbonyl (C=O) groups is 1. The fourth-order valence-electron chi connectivity index (χ4n) is 2.60. The molecular formula is C15H22ClN3O. The zero-order valence-corrected chi connectivity index (χ0v) is 13.0. The largest absolute Gasteiger partial charge is 0.324 e. The molecule has 20 heavy (non-hydrogen) atoms. The van der Waals surface area contributed by atoms with E-state index in [4.69, 9.17) is 11.6 Å². The van der Waals surface area contributed by atoms with E-state index in [1.807, 2.05) is 20.8 Å². The molecule has 0 aliphatic carbocycles. The van der Waals surface area contributed by atoms with Crippen molar-refractivity contribution in [3.63, 3.8) is 0 Å². The summed E-state index contributed by atoms with van der Waals surface area (Å²) in [5, 5.41) is 6.80. The van der Waals surface area contributed by atoms with Gasteiger partial charge in [-0.05, 0) is 50.9 Å². The first-order valence-corrected chi connectivity index (χ1v) is 7.44. The zero-order valence-electron chi connectivity index (χ0n) is 12.3. The van der Waals surface area contributed by atoms with Crippen molar-refractivity contribution in [2.75, 3.05) is 18.4 Å². The quantitative estimate of drug-likeness (QED) is 0.843. The Bertz CT molecular complexity index is 496. The van der Waals surface area contributed by atoms with Gasteiger partial charge in [-0.1, -0.05) is 25.4 Å². The molecule has 0 saturated carbocycles. The van der Waals surface area contributed by atoms with Gasteiger partial charge in [0, 0.05) is 5.41 Å². The predicted octanol–water partition coefficient (Wildman–Crippen LogP) is 3.01. The number of hydrogen-bond donors (Lipinski definition) is 2. The number of aromatic nitrogens is 1. The fraction of sp³-hybridized carbons (Fsp3) is 0.600. The molecule has 1 aliphatic rings. The topological polar surface area (TPSA) is 54.0 Å². The van der Waals surface area contributed by atoms with E-state index in [0.29, 0.717) is 11.1 Å². The summed E-state index contributed by atoms with van der Waals surface area (Å²) in [5.74, 6) is 0.398. The second kappa shape index (κ2) is 6.10. The molecule has 110 valence electrons. The summed E-state index contributed by atoms with van der Waals surface area (Å²) in [6.07, 6.45) is 2.22. The molecule has 4 nitrogen and oxygen atoms in total. The Balaban J connectivity index is 2.09. The minimum absolute atomic E-state index is 0.0402. The maximum absolute atomic E-state index is 12.6. The van der Waals surface area contributed by atoms with E-state index in [9.17, 15) is 4.79 Å². The molecule has 1 saturated heterocycles. The number of pyridine rings is 1. The molecule has 0 aromatic carbocycles. The van der Waals surface area contributed by atoms with Crippen molar-refractivity contribution < 1.29 is 4.79 Å². The number of halogens is 1. The first-order valence-electron chi connectivity index (χ1n) is 7.06. The lowest BCUT2D eigenvalue weighted by Gasteiger charge is -2.36. The van der Waals surface area contributed by atoms with Crippen LogP contribution in [0, 0.1) is 18.3 Å². The SMILES string of the molecule is Cc1nc(Cl)ccc1NC(=O)C(C)(C)C1CCCNC1. The Kier molecular flexibility index (Phi) is 4.66. The third-order valence-electron chi connectivity index (χ3n) is 4.20. The smallest absolute Gasteiger partial charge is 0.230 e. The first kappa shape index (κ1) is 15.3. The summed E-state index contributed by atoms with van der Waals surface area (Å²) < 4.78 is 0. The monoisotopic (exact) mass is 295 g/mol. The van der Waals surface area contributed by atoms with Crippen molar-refractivity contribution in [1.29, 1.82) is 0 Å². The molecular weight excluding hydrogens is 274 g/mol.